The highest BCUT2D eigenvalue weighted by atomic mass is 32.2. The Morgan fingerprint density at radius 2 is 1.66 bits per heavy atom. The molecule has 8 heteroatoms. The van der Waals surface area contributed by atoms with Crippen LogP contribution in [0.5, 0.6) is 5.75 Å². The molecule has 3 aromatic rings. The topological polar surface area (TPSA) is 85.3 Å². The molecule has 2 unspecified atom stereocenters. The van der Waals surface area contributed by atoms with Gasteiger partial charge in [0, 0.05) is 49.4 Å². The number of ether oxygens (including phenoxy) is 1. The number of anilines is 1. The van der Waals surface area contributed by atoms with Gasteiger partial charge in [0.25, 0.3) is 0 Å². The van der Waals surface area contributed by atoms with Crippen LogP contribution in [0, 0.1) is 17.8 Å². The van der Waals surface area contributed by atoms with Crippen molar-refractivity contribution in [2.75, 3.05) is 30.9 Å². The second-order valence-electron chi connectivity index (χ2n) is 8.63. The first-order valence-corrected chi connectivity index (χ1v) is 12.8. The number of hydrogen-bond acceptors (Lipinski definition) is 7. The van der Waals surface area contributed by atoms with Gasteiger partial charge in [-0.05, 0) is 60.2 Å². The first-order chi connectivity index (χ1) is 15.4. The number of fused-ring (bicyclic) bond motifs is 1. The predicted octanol–water partition coefficient (Wildman–Crippen LogP) is 3.27. The zero-order chi connectivity index (χ0) is 22.3. The Labute approximate surface area is 188 Å². The van der Waals surface area contributed by atoms with Crippen molar-refractivity contribution in [3.8, 4) is 17.0 Å². The molecule has 2 fully saturated rings. The minimum absolute atomic E-state index is 0.222. The van der Waals surface area contributed by atoms with E-state index in [1.54, 1.807) is 12.1 Å². The Hall–Kier alpha value is -3.00. The normalized spacial score (nSPS) is 21.9. The number of sulfone groups is 1. The first-order valence-electron chi connectivity index (χ1n) is 10.9. The van der Waals surface area contributed by atoms with Crippen LogP contribution in [0.15, 0.2) is 59.9 Å². The van der Waals surface area contributed by atoms with Crippen LogP contribution in [0.1, 0.15) is 12.5 Å². The lowest BCUT2D eigenvalue weighted by molar-refractivity contribution is 0.283. The third-order valence-corrected chi connectivity index (χ3v) is 7.61. The number of aromatic nitrogens is 3. The highest BCUT2D eigenvalue weighted by Crippen LogP contribution is 2.52. The molecular weight excluding hydrogens is 424 g/mol. The Bertz CT molecular complexity index is 1180. The van der Waals surface area contributed by atoms with Crippen LogP contribution in [-0.2, 0) is 16.3 Å². The number of hydrogen-bond donors (Lipinski definition) is 0. The molecular formula is C24H26N4O3S. The number of piperidine rings is 1. The number of nitrogens with zero attached hydrogens (tertiary/aromatic N) is 4. The van der Waals surface area contributed by atoms with E-state index in [0.29, 0.717) is 17.8 Å². The van der Waals surface area contributed by atoms with Gasteiger partial charge < -0.3 is 9.64 Å². The van der Waals surface area contributed by atoms with Crippen LogP contribution in [-0.4, -0.2) is 49.3 Å². The van der Waals surface area contributed by atoms with Gasteiger partial charge in [-0.2, -0.15) is 0 Å². The molecule has 1 aliphatic carbocycles. The summed E-state index contributed by atoms with van der Waals surface area (Å²) in [6, 6.07) is 11.1. The summed E-state index contributed by atoms with van der Waals surface area (Å²) in [5.41, 5.74) is 2.82. The summed E-state index contributed by atoms with van der Waals surface area (Å²) in [6.07, 6.45) is 7.38. The first kappa shape index (κ1) is 20.9. The molecule has 0 bridgehead atoms. The highest BCUT2D eigenvalue weighted by molar-refractivity contribution is 7.90. The fraction of sp³-hybridized carbons (Fsp3) is 0.375. The van der Waals surface area contributed by atoms with Crippen molar-refractivity contribution in [1.29, 1.82) is 0 Å². The molecule has 1 saturated heterocycles. The van der Waals surface area contributed by atoms with Crippen molar-refractivity contribution in [3.63, 3.8) is 0 Å². The Kier molecular flexibility index (Phi) is 5.33. The number of pyridine rings is 1. The van der Waals surface area contributed by atoms with Crippen LogP contribution < -0.4 is 9.64 Å². The minimum atomic E-state index is -3.24. The van der Waals surface area contributed by atoms with E-state index >= 15 is 0 Å². The van der Waals surface area contributed by atoms with Crippen LogP contribution >= 0.6 is 0 Å². The summed E-state index contributed by atoms with van der Waals surface area (Å²) in [5.74, 6) is 3.57. The van der Waals surface area contributed by atoms with Crippen LogP contribution in [0.4, 0.5) is 5.95 Å². The lowest BCUT2D eigenvalue weighted by Gasteiger charge is -2.19. The third-order valence-electron chi connectivity index (χ3n) is 6.51. The molecule has 3 atom stereocenters. The maximum atomic E-state index is 11.6. The number of rotatable bonds is 7. The Morgan fingerprint density at radius 1 is 0.969 bits per heavy atom. The second-order valence-corrected chi connectivity index (χ2v) is 10.6. The van der Waals surface area contributed by atoms with Gasteiger partial charge in [0.05, 0.1) is 17.2 Å². The summed E-state index contributed by atoms with van der Waals surface area (Å²) in [5, 5.41) is 0. The highest BCUT2D eigenvalue weighted by Gasteiger charge is 2.56. The Morgan fingerprint density at radius 3 is 2.22 bits per heavy atom. The molecule has 32 heavy (non-hydrogen) atoms. The van der Waals surface area contributed by atoms with Gasteiger partial charge in [-0.15, -0.1) is 0 Å². The predicted molar refractivity (Wildman–Crippen MR) is 122 cm³/mol. The summed E-state index contributed by atoms with van der Waals surface area (Å²) >= 11 is 0. The second kappa shape index (κ2) is 8.16. The van der Waals surface area contributed by atoms with Gasteiger partial charge in [0.15, 0.2) is 9.84 Å². The smallest absolute Gasteiger partial charge is 0.225 e. The van der Waals surface area contributed by atoms with Crippen molar-refractivity contribution < 1.29 is 13.2 Å². The van der Waals surface area contributed by atoms with Gasteiger partial charge in [-0.3, -0.25) is 4.98 Å². The molecule has 2 aromatic heterocycles. The van der Waals surface area contributed by atoms with Crippen molar-refractivity contribution >= 4 is 15.8 Å². The molecule has 0 amide bonds. The van der Waals surface area contributed by atoms with E-state index in [1.807, 2.05) is 36.7 Å². The third kappa shape index (κ3) is 4.19. The van der Waals surface area contributed by atoms with Crippen molar-refractivity contribution in [1.82, 2.24) is 15.0 Å². The minimum Gasteiger partial charge on any atom is -0.493 e. The van der Waals surface area contributed by atoms with Crippen molar-refractivity contribution in [2.24, 2.45) is 17.8 Å². The van der Waals surface area contributed by atoms with E-state index in [1.165, 1.54) is 12.5 Å². The van der Waals surface area contributed by atoms with Gasteiger partial charge in [0.2, 0.25) is 5.95 Å². The molecule has 166 valence electrons. The molecule has 1 saturated carbocycles. The number of benzene rings is 1. The van der Waals surface area contributed by atoms with E-state index < -0.39 is 9.84 Å². The maximum Gasteiger partial charge on any atom is 0.225 e. The van der Waals surface area contributed by atoms with Crippen molar-refractivity contribution in [3.05, 3.63) is 60.6 Å². The molecule has 0 radical (unpaired) electrons. The molecule has 3 heterocycles. The molecule has 1 aliphatic heterocycles. The van der Waals surface area contributed by atoms with Gasteiger partial charge in [-0.25, -0.2) is 18.4 Å². The number of aryl methyl sites for hydroxylation is 1. The SMILES string of the molecule is CCc1cnc(N2CC3C(COc4ccc(-c5ccc(S(C)(=O)=O)cn5)cc4)[C@@H]3C2)nc1. The molecule has 1 aromatic carbocycles. The quantitative estimate of drug-likeness (QED) is 0.546. The van der Waals surface area contributed by atoms with Gasteiger partial charge >= 0.3 is 0 Å². The van der Waals surface area contributed by atoms with Crippen LogP contribution in [0.3, 0.4) is 0 Å². The molecule has 0 spiro atoms. The Balaban J connectivity index is 1.13. The van der Waals surface area contributed by atoms with E-state index in [2.05, 4.69) is 26.8 Å². The summed E-state index contributed by atoms with van der Waals surface area (Å²) < 4.78 is 29.2. The molecule has 7 nitrogen and oxygen atoms in total. The van der Waals surface area contributed by atoms with E-state index in [4.69, 9.17) is 4.74 Å². The largest absolute Gasteiger partial charge is 0.493 e. The van der Waals surface area contributed by atoms with E-state index in [0.717, 1.165) is 54.6 Å². The summed E-state index contributed by atoms with van der Waals surface area (Å²) in [4.78, 5) is 15.8. The summed E-state index contributed by atoms with van der Waals surface area (Å²) in [6.45, 7) is 4.83. The lowest BCUT2D eigenvalue weighted by Crippen LogP contribution is -2.27. The fourth-order valence-corrected chi connectivity index (χ4v) is 5.00. The maximum absolute atomic E-state index is 11.6. The van der Waals surface area contributed by atoms with Crippen LogP contribution in [0.2, 0.25) is 0 Å². The fourth-order valence-electron chi connectivity index (χ4n) is 4.44. The molecule has 2 aliphatic rings. The zero-order valence-corrected chi connectivity index (χ0v) is 19.0. The standard InChI is InChI=1S/C24H26N4O3S/c1-3-16-10-26-24(27-11-16)28-13-20-21(14-28)22(20)15-31-18-6-4-17(5-7-18)23-9-8-19(12-25-23)32(2,29)30/h4-12,20-22H,3,13-15H2,1-2H3/t20-,21?,22?/m1/s1. The zero-order valence-electron chi connectivity index (χ0n) is 18.2. The van der Waals surface area contributed by atoms with Gasteiger partial charge in [0.1, 0.15) is 5.75 Å². The average molecular weight is 451 g/mol. The van der Waals surface area contributed by atoms with Crippen molar-refractivity contribution in [2.45, 2.75) is 18.2 Å². The van der Waals surface area contributed by atoms with E-state index in [-0.39, 0.29) is 4.90 Å². The lowest BCUT2D eigenvalue weighted by atomic mass is 10.1. The van der Waals surface area contributed by atoms with E-state index in [9.17, 15) is 8.42 Å². The van der Waals surface area contributed by atoms with Gasteiger partial charge in [-0.1, -0.05) is 6.92 Å². The average Bonchev–Trinajstić information content (AvgIpc) is 3.26. The summed E-state index contributed by atoms with van der Waals surface area (Å²) in [7, 11) is -3.24. The molecule has 5 rings (SSSR count). The van der Waals surface area contributed by atoms with Crippen LogP contribution in [0.25, 0.3) is 11.3 Å². The monoisotopic (exact) mass is 450 g/mol. The molecule has 0 N–H and O–H groups in total.